The lowest BCUT2D eigenvalue weighted by atomic mass is 10.1. The number of furan rings is 1. The van der Waals surface area contributed by atoms with Gasteiger partial charge in [0.15, 0.2) is 4.67 Å². The van der Waals surface area contributed by atoms with Gasteiger partial charge in [-0.2, -0.15) is 4.31 Å². The average Bonchev–Trinajstić information content (AvgIpc) is 2.73. The van der Waals surface area contributed by atoms with E-state index in [2.05, 4.69) is 15.9 Å². The van der Waals surface area contributed by atoms with Crippen molar-refractivity contribution in [3.63, 3.8) is 0 Å². The average molecular weight is 353 g/mol. The van der Waals surface area contributed by atoms with Crippen molar-refractivity contribution < 1.29 is 22.7 Å². The van der Waals surface area contributed by atoms with Gasteiger partial charge in [-0.3, -0.25) is 0 Å². The fourth-order valence-electron chi connectivity index (χ4n) is 1.89. The molecule has 0 bridgehead atoms. The number of sulfonamides is 1. The highest BCUT2D eigenvalue weighted by atomic mass is 79.9. The van der Waals surface area contributed by atoms with Crippen LogP contribution >= 0.6 is 15.9 Å². The van der Waals surface area contributed by atoms with Crippen LogP contribution in [-0.4, -0.2) is 42.9 Å². The standard InChI is InChI=1S/C10H13BrN2O5S/c11-9-8(5-7(18-9)10(14)15)19(16,17)13-3-1-6(12)2-4-13/h5-6H,1-4,12H2,(H,14,15). The van der Waals surface area contributed by atoms with Gasteiger partial charge in [0.25, 0.3) is 0 Å². The zero-order chi connectivity index (χ0) is 14.2. The Morgan fingerprint density at radius 2 is 2.05 bits per heavy atom. The molecule has 0 aromatic carbocycles. The molecule has 0 saturated carbocycles. The van der Waals surface area contributed by atoms with Crippen LogP contribution in [0.2, 0.25) is 0 Å². The molecule has 0 aliphatic carbocycles. The van der Waals surface area contributed by atoms with Crippen LogP contribution in [0, 0.1) is 0 Å². The highest BCUT2D eigenvalue weighted by molar-refractivity contribution is 9.10. The first kappa shape index (κ1) is 14.5. The molecule has 1 saturated heterocycles. The Bertz CT molecular complexity index is 589. The Morgan fingerprint density at radius 3 is 2.53 bits per heavy atom. The zero-order valence-electron chi connectivity index (χ0n) is 9.87. The molecule has 0 unspecified atom stereocenters. The maximum Gasteiger partial charge on any atom is 0.371 e. The van der Waals surface area contributed by atoms with E-state index >= 15 is 0 Å². The Balaban J connectivity index is 2.32. The second-order valence-corrected chi connectivity index (χ2v) is 6.92. The van der Waals surface area contributed by atoms with Gasteiger partial charge in [-0.25, -0.2) is 13.2 Å². The van der Waals surface area contributed by atoms with E-state index in [9.17, 15) is 13.2 Å². The summed E-state index contributed by atoms with van der Waals surface area (Å²) in [6.45, 7) is 0.646. The molecule has 0 spiro atoms. The summed E-state index contributed by atoms with van der Waals surface area (Å²) in [7, 11) is -3.75. The predicted molar refractivity (Wildman–Crippen MR) is 69.3 cm³/mol. The molecular weight excluding hydrogens is 340 g/mol. The van der Waals surface area contributed by atoms with Crippen LogP contribution in [0.5, 0.6) is 0 Å². The van der Waals surface area contributed by atoms with Crippen molar-refractivity contribution in [2.24, 2.45) is 5.73 Å². The van der Waals surface area contributed by atoms with E-state index in [0.29, 0.717) is 25.9 Å². The van der Waals surface area contributed by atoms with Gasteiger partial charge in [0, 0.05) is 25.2 Å². The summed E-state index contributed by atoms with van der Waals surface area (Å²) >= 11 is 2.94. The quantitative estimate of drug-likeness (QED) is 0.833. The summed E-state index contributed by atoms with van der Waals surface area (Å²) in [5.74, 6) is -1.73. The second kappa shape index (κ2) is 5.23. The summed E-state index contributed by atoms with van der Waals surface area (Å²) in [5, 5.41) is 8.79. The van der Waals surface area contributed by atoms with Gasteiger partial charge in [-0.05, 0) is 28.8 Å². The minimum atomic E-state index is -3.75. The summed E-state index contributed by atoms with van der Waals surface area (Å²) in [6, 6.07) is 1.02. The topological polar surface area (TPSA) is 114 Å². The van der Waals surface area contributed by atoms with Gasteiger partial charge < -0.3 is 15.3 Å². The number of rotatable bonds is 3. The van der Waals surface area contributed by atoms with E-state index in [-0.39, 0.29) is 15.6 Å². The number of carboxylic acids is 1. The molecule has 0 atom stereocenters. The van der Waals surface area contributed by atoms with Crippen molar-refractivity contribution in [3.05, 3.63) is 16.5 Å². The van der Waals surface area contributed by atoms with Crippen LogP contribution < -0.4 is 5.73 Å². The molecule has 2 rings (SSSR count). The lowest BCUT2D eigenvalue weighted by Crippen LogP contribution is -2.42. The van der Waals surface area contributed by atoms with Crippen molar-refractivity contribution in [2.75, 3.05) is 13.1 Å². The molecule has 1 aliphatic heterocycles. The highest BCUT2D eigenvalue weighted by Crippen LogP contribution is 2.30. The summed E-state index contributed by atoms with van der Waals surface area (Å²) in [6.07, 6.45) is 1.17. The molecule has 1 fully saturated rings. The molecule has 0 amide bonds. The largest absolute Gasteiger partial charge is 0.475 e. The summed E-state index contributed by atoms with van der Waals surface area (Å²) in [4.78, 5) is 10.6. The summed E-state index contributed by atoms with van der Waals surface area (Å²) in [5.41, 5.74) is 5.73. The highest BCUT2D eigenvalue weighted by Gasteiger charge is 2.32. The zero-order valence-corrected chi connectivity index (χ0v) is 12.3. The number of carbonyl (C=O) groups is 1. The number of hydrogen-bond donors (Lipinski definition) is 2. The maximum absolute atomic E-state index is 12.4. The van der Waals surface area contributed by atoms with Crippen LogP contribution in [0.3, 0.4) is 0 Å². The Labute approximate surface area is 118 Å². The minimum absolute atomic E-state index is 0.00817. The number of halogens is 1. The number of hydrogen-bond acceptors (Lipinski definition) is 5. The lowest BCUT2D eigenvalue weighted by Gasteiger charge is -2.28. The summed E-state index contributed by atoms with van der Waals surface area (Å²) < 4.78 is 30.8. The number of piperidine rings is 1. The molecule has 1 aliphatic rings. The van der Waals surface area contributed by atoms with Gasteiger partial charge in [0.1, 0.15) is 4.90 Å². The van der Waals surface area contributed by atoms with Gasteiger partial charge >= 0.3 is 5.97 Å². The smallest absolute Gasteiger partial charge is 0.371 e. The van der Waals surface area contributed by atoms with Gasteiger partial charge in [-0.1, -0.05) is 0 Å². The number of aromatic carboxylic acids is 1. The lowest BCUT2D eigenvalue weighted by molar-refractivity contribution is 0.0661. The fraction of sp³-hybridized carbons (Fsp3) is 0.500. The van der Waals surface area contributed by atoms with Crippen LogP contribution in [-0.2, 0) is 10.0 Å². The van der Waals surface area contributed by atoms with E-state index in [1.165, 1.54) is 4.31 Å². The van der Waals surface area contributed by atoms with E-state index in [1.54, 1.807) is 0 Å². The number of carboxylic acid groups (broad SMARTS) is 1. The predicted octanol–water partition coefficient (Wildman–Crippen LogP) is 0.852. The SMILES string of the molecule is NC1CCN(S(=O)(=O)c2cc(C(=O)O)oc2Br)CC1. The van der Waals surface area contributed by atoms with Crippen molar-refractivity contribution in [3.8, 4) is 0 Å². The number of nitrogens with zero attached hydrogens (tertiary/aromatic N) is 1. The van der Waals surface area contributed by atoms with Gasteiger partial charge in [0.2, 0.25) is 15.8 Å². The Morgan fingerprint density at radius 1 is 1.47 bits per heavy atom. The van der Waals surface area contributed by atoms with Crippen LogP contribution in [0.4, 0.5) is 0 Å². The molecule has 9 heteroatoms. The van der Waals surface area contributed by atoms with Crippen molar-refractivity contribution in [2.45, 2.75) is 23.8 Å². The molecule has 7 nitrogen and oxygen atoms in total. The van der Waals surface area contributed by atoms with Crippen molar-refractivity contribution in [1.29, 1.82) is 0 Å². The van der Waals surface area contributed by atoms with E-state index in [1.807, 2.05) is 0 Å². The normalized spacial score (nSPS) is 18.6. The van der Waals surface area contributed by atoms with E-state index in [4.69, 9.17) is 15.3 Å². The van der Waals surface area contributed by atoms with Crippen molar-refractivity contribution >= 4 is 31.9 Å². The van der Waals surface area contributed by atoms with Crippen LogP contribution in [0.25, 0.3) is 0 Å². The van der Waals surface area contributed by atoms with Crippen LogP contribution in [0.1, 0.15) is 23.4 Å². The van der Waals surface area contributed by atoms with Gasteiger partial charge in [0.05, 0.1) is 0 Å². The number of nitrogens with two attached hydrogens (primary N) is 1. The van der Waals surface area contributed by atoms with Crippen molar-refractivity contribution in [1.82, 2.24) is 4.31 Å². The fourth-order valence-corrected chi connectivity index (χ4v) is 4.26. The molecule has 3 N–H and O–H groups in total. The first-order chi connectivity index (χ1) is 8.82. The first-order valence-electron chi connectivity index (χ1n) is 5.60. The van der Waals surface area contributed by atoms with Crippen LogP contribution in [0.15, 0.2) is 20.0 Å². The Hall–Kier alpha value is -0.900. The Kier molecular flexibility index (Phi) is 4.00. The molecular formula is C10H13BrN2O5S. The maximum atomic E-state index is 12.4. The monoisotopic (exact) mass is 352 g/mol. The van der Waals surface area contributed by atoms with E-state index in [0.717, 1.165) is 6.07 Å². The molecule has 1 aromatic heterocycles. The molecule has 2 heterocycles. The second-order valence-electron chi connectivity index (χ2n) is 4.30. The van der Waals surface area contributed by atoms with Gasteiger partial charge in [-0.15, -0.1) is 0 Å². The molecule has 0 radical (unpaired) electrons. The molecule has 19 heavy (non-hydrogen) atoms. The van der Waals surface area contributed by atoms with E-state index < -0.39 is 21.8 Å². The third kappa shape index (κ3) is 2.83. The molecule has 106 valence electrons. The third-order valence-corrected chi connectivity index (χ3v) is 5.74. The first-order valence-corrected chi connectivity index (χ1v) is 7.84. The minimum Gasteiger partial charge on any atom is -0.475 e. The molecule has 1 aromatic rings. The third-order valence-electron chi connectivity index (χ3n) is 2.98.